The number of benzene rings is 3. The van der Waals surface area contributed by atoms with Crippen molar-refractivity contribution in [2.24, 2.45) is 0 Å². The van der Waals surface area contributed by atoms with Crippen LogP contribution in [0.25, 0.3) is 32.9 Å². The molecule has 0 saturated heterocycles. The summed E-state index contributed by atoms with van der Waals surface area (Å²) in [5.41, 5.74) is 1.66. The number of para-hydroxylation sites is 2. The van der Waals surface area contributed by atoms with Crippen LogP contribution in [0.15, 0.2) is 85.1 Å². The third kappa shape index (κ3) is 4.08. The van der Waals surface area contributed by atoms with Gasteiger partial charge < -0.3 is 4.74 Å². The van der Waals surface area contributed by atoms with Crippen molar-refractivity contribution in [1.82, 2.24) is 9.97 Å². The zero-order valence-electron chi connectivity index (χ0n) is 17.7. The second-order valence-corrected chi connectivity index (χ2v) is 7.72. The number of aromatic nitrogens is 2. The lowest BCUT2D eigenvalue weighted by Gasteiger charge is -2.15. The predicted molar refractivity (Wildman–Crippen MR) is 124 cm³/mol. The third-order valence-electron chi connectivity index (χ3n) is 5.52. The maximum absolute atomic E-state index is 13.5. The first kappa shape index (κ1) is 21.6. The van der Waals surface area contributed by atoms with Gasteiger partial charge >= 0.3 is 6.18 Å². The van der Waals surface area contributed by atoms with E-state index < -0.39 is 11.7 Å². The fourth-order valence-electron chi connectivity index (χ4n) is 3.97. The Bertz CT molecular complexity index is 1530. The number of ether oxygens (including phenoxy) is 1. The molecule has 0 unspecified atom stereocenters. The lowest BCUT2D eigenvalue weighted by atomic mass is 9.95. The smallest absolute Gasteiger partial charge is 0.418 e. The lowest BCUT2D eigenvalue weighted by Crippen LogP contribution is -2.07. The number of carbonyl (C=O) groups excluding carboxylic acids is 1. The van der Waals surface area contributed by atoms with Gasteiger partial charge in [-0.3, -0.25) is 9.78 Å². The molecule has 34 heavy (non-hydrogen) atoms. The molecule has 0 saturated carbocycles. The molecule has 5 aromatic rings. The number of carbonyl (C=O) groups is 1. The SMILES string of the molecule is O=Cc1cnc2c(C(F)(F)F)cccc2c1-c1cccc(OCc2ccc3ccccc3n2)c1. The van der Waals surface area contributed by atoms with Gasteiger partial charge in [-0.25, -0.2) is 4.98 Å². The molecule has 0 atom stereocenters. The molecule has 0 aliphatic rings. The van der Waals surface area contributed by atoms with Crippen molar-refractivity contribution in [3.63, 3.8) is 0 Å². The van der Waals surface area contributed by atoms with Gasteiger partial charge in [-0.1, -0.05) is 48.5 Å². The van der Waals surface area contributed by atoms with Gasteiger partial charge in [-0.15, -0.1) is 0 Å². The van der Waals surface area contributed by atoms with Crippen LogP contribution in [-0.2, 0) is 12.8 Å². The highest BCUT2D eigenvalue weighted by Crippen LogP contribution is 2.38. The van der Waals surface area contributed by atoms with Gasteiger partial charge in [-0.05, 0) is 35.9 Å². The molecule has 7 heteroatoms. The van der Waals surface area contributed by atoms with Crippen molar-refractivity contribution in [3.05, 3.63) is 102 Å². The van der Waals surface area contributed by atoms with Crippen molar-refractivity contribution >= 4 is 28.1 Å². The van der Waals surface area contributed by atoms with Crippen LogP contribution in [0, 0.1) is 0 Å². The molecule has 0 aliphatic heterocycles. The van der Waals surface area contributed by atoms with Crippen LogP contribution in [0.2, 0.25) is 0 Å². The monoisotopic (exact) mass is 458 g/mol. The first-order valence-corrected chi connectivity index (χ1v) is 10.5. The van der Waals surface area contributed by atoms with Crippen LogP contribution in [0.3, 0.4) is 0 Å². The third-order valence-corrected chi connectivity index (χ3v) is 5.52. The van der Waals surface area contributed by atoms with E-state index in [0.29, 0.717) is 23.2 Å². The standard InChI is InChI=1S/C27H17F3N2O2/c28-27(29,30)23-9-4-8-22-25(19(15-33)14-31-26(22)23)18-6-3-7-21(13-18)34-16-20-12-11-17-5-1-2-10-24(17)32-20/h1-15H,16H2. The largest absolute Gasteiger partial charge is 0.487 e. The number of nitrogens with zero attached hydrogens (tertiary/aromatic N) is 2. The van der Waals surface area contributed by atoms with Gasteiger partial charge in [-0.2, -0.15) is 13.2 Å². The number of fused-ring (bicyclic) bond motifs is 2. The normalized spacial score (nSPS) is 11.6. The van der Waals surface area contributed by atoms with Gasteiger partial charge in [0, 0.05) is 28.1 Å². The molecule has 0 radical (unpaired) electrons. The maximum atomic E-state index is 13.5. The molecule has 0 fully saturated rings. The average molecular weight is 458 g/mol. The minimum Gasteiger partial charge on any atom is -0.487 e. The summed E-state index contributed by atoms with van der Waals surface area (Å²) < 4.78 is 46.5. The van der Waals surface area contributed by atoms with E-state index in [-0.39, 0.29) is 23.1 Å². The summed E-state index contributed by atoms with van der Waals surface area (Å²) in [6.07, 6.45) is -2.80. The van der Waals surface area contributed by atoms with E-state index in [2.05, 4.69) is 9.97 Å². The second-order valence-electron chi connectivity index (χ2n) is 7.72. The highest BCUT2D eigenvalue weighted by molar-refractivity contribution is 6.03. The molecule has 2 aromatic heterocycles. The Kier molecular flexibility index (Phi) is 5.45. The van der Waals surface area contributed by atoms with Gasteiger partial charge in [0.25, 0.3) is 0 Å². The summed E-state index contributed by atoms with van der Waals surface area (Å²) in [4.78, 5) is 20.3. The molecule has 0 N–H and O–H groups in total. The Morgan fingerprint density at radius 3 is 2.56 bits per heavy atom. The van der Waals surface area contributed by atoms with Gasteiger partial charge in [0.1, 0.15) is 12.4 Å². The number of aldehydes is 1. The lowest BCUT2D eigenvalue weighted by molar-refractivity contribution is -0.136. The fraction of sp³-hybridized carbons (Fsp3) is 0.0741. The highest BCUT2D eigenvalue weighted by atomic mass is 19.4. The average Bonchev–Trinajstić information content (AvgIpc) is 2.85. The Balaban J connectivity index is 1.52. The first-order valence-electron chi connectivity index (χ1n) is 10.5. The van der Waals surface area contributed by atoms with E-state index in [1.165, 1.54) is 18.3 Å². The van der Waals surface area contributed by atoms with Crippen LogP contribution in [0.1, 0.15) is 21.6 Å². The molecule has 0 bridgehead atoms. The van der Waals surface area contributed by atoms with E-state index in [1.54, 1.807) is 24.3 Å². The molecule has 0 spiro atoms. The first-order chi connectivity index (χ1) is 16.4. The van der Waals surface area contributed by atoms with Crippen molar-refractivity contribution in [2.45, 2.75) is 12.8 Å². The molecular weight excluding hydrogens is 441 g/mol. The Morgan fingerprint density at radius 1 is 0.912 bits per heavy atom. The molecule has 5 rings (SSSR count). The number of hydrogen-bond acceptors (Lipinski definition) is 4. The highest BCUT2D eigenvalue weighted by Gasteiger charge is 2.33. The van der Waals surface area contributed by atoms with Crippen molar-refractivity contribution < 1.29 is 22.7 Å². The topological polar surface area (TPSA) is 52.1 Å². The fourth-order valence-corrected chi connectivity index (χ4v) is 3.97. The number of halogens is 3. The van der Waals surface area contributed by atoms with Crippen LogP contribution in [0.4, 0.5) is 13.2 Å². The van der Waals surface area contributed by atoms with E-state index in [9.17, 15) is 18.0 Å². The number of hydrogen-bond donors (Lipinski definition) is 0. The van der Waals surface area contributed by atoms with Crippen LogP contribution >= 0.6 is 0 Å². The van der Waals surface area contributed by atoms with Gasteiger partial charge in [0.05, 0.1) is 22.3 Å². The summed E-state index contributed by atoms with van der Waals surface area (Å²) in [6, 6.07) is 22.3. The zero-order valence-corrected chi connectivity index (χ0v) is 17.7. The van der Waals surface area contributed by atoms with Crippen LogP contribution in [-0.4, -0.2) is 16.3 Å². The van der Waals surface area contributed by atoms with E-state index >= 15 is 0 Å². The van der Waals surface area contributed by atoms with Gasteiger partial charge in [0.15, 0.2) is 6.29 Å². The van der Waals surface area contributed by atoms with Crippen LogP contribution in [0.5, 0.6) is 5.75 Å². The molecule has 0 amide bonds. The molecule has 2 heterocycles. The molecule has 0 aliphatic carbocycles. The molecule has 168 valence electrons. The van der Waals surface area contributed by atoms with Crippen molar-refractivity contribution in [3.8, 4) is 16.9 Å². The van der Waals surface area contributed by atoms with E-state index in [1.807, 2.05) is 36.4 Å². The van der Waals surface area contributed by atoms with Crippen molar-refractivity contribution in [1.29, 1.82) is 0 Å². The summed E-state index contributed by atoms with van der Waals surface area (Å²) in [5.74, 6) is 0.501. The van der Waals surface area contributed by atoms with Crippen molar-refractivity contribution in [2.75, 3.05) is 0 Å². The second kappa shape index (κ2) is 8.59. The molecule has 4 nitrogen and oxygen atoms in total. The molecular formula is C27H17F3N2O2. The Labute approximate surface area is 192 Å². The predicted octanol–water partition coefficient (Wildman–Crippen LogP) is 6.86. The van der Waals surface area contributed by atoms with Crippen LogP contribution < -0.4 is 4.74 Å². The summed E-state index contributed by atoms with van der Waals surface area (Å²) in [6.45, 7) is 0.212. The number of pyridine rings is 2. The Morgan fingerprint density at radius 2 is 1.74 bits per heavy atom. The summed E-state index contributed by atoms with van der Waals surface area (Å²) in [5, 5.41) is 1.27. The maximum Gasteiger partial charge on any atom is 0.418 e. The van der Waals surface area contributed by atoms with E-state index in [0.717, 1.165) is 22.7 Å². The summed E-state index contributed by atoms with van der Waals surface area (Å²) >= 11 is 0. The number of rotatable bonds is 5. The summed E-state index contributed by atoms with van der Waals surface area (Å²) in [7, 11) is 0. The van der Waals surface area contributed by atoms with Gasteiger partial charge in [0.2, 0.25) is 0 Å². The van der Waals surface area contributed by atoms with E-state index in [4.69, 9.17) is 4.74 Å². The zero-order chi connectivity index (χ0) is 23.7. The quantitative estimate of drug-likeness (QED) is 0.270. The molecule has 3 aromatic carbocycles. The number of alkyl halides is 3. The minimum absolute atomic E-state index is 0.195. The Hall–Kier alpha value is -4.26. The minimum atomic E-state index is -4.57.